The zero-order valence-electron chi connectivity index (χ0n) is 11.4. The summed E-state index contributed by atoms with van der Waals surface area (Å²) < 4.78 is 12.0. The minimum absolute atomic E-state index is 0.456. The first-order valence-corrected chi connectivity index (χ1v) is 7.83. The van der Waals surface area contributed by atoms with E-state index in [2.05, 4.69) is 27.6 Å². The van der Waals surface area contributed by atoms with Gasteiger partial charge in [-0.1, -0.05) is 0 Å². The molecule has 1 aromatic heterocycles. The minimum Gasteiger partial charge on any atom is -0.460 e. The van der Waals surface area contributed by atoms with Crippen molar-refractivity contribution in [1.82, 2.24) is 4.98 Å². The molecule has 2 heterocycles. The van der Waals surface area contributed by atoms with Gasteiger partial charge in [0.25, 0.3) is 0 Å². The van der Waals surface area contributed by atoms with E-state index in [0.717, 1.165) is 14.5 Å². The summed E-state index contributed by atoms with van der Waals surface area (Å²) in [7, 11) is 0. The molecule has 22 heavy (non-hydrogen) atoms. The molecule has 5 N–H and O–H groups in total. The molecule has 0 aliphatic carbocycles. The zero-order chi connectivity index (χ0) is 15.9. The predicted octanol–water partition coefficient (Wildman–Crippen LogP) is -0.0488. The first-order chi connectivity index (χ1) is 10.5. The molecule has 1 saturated heterocycles. The average molecular weight is 425 g/mol. The zero-order valence-corrected chi connectivity index (χ0v) is 13.5. The van der Waals surface area contributed by atoms with Gasteiger partial charge >= 0.3 is 0 Å². The summed E-state index contributed by atoms with van der Waals surface area (Å²) in [6.07, 6.45) is -4.83. The monoisotopic (exact) mass is 425 g/mol. The first kappa shape index (κ1) is 16.0. The van der Waals surface area contributed by atoms with Crippen molar-refractivity contribution in [3.8, 4) is 5.75 Å². The molecule has 1 fully saturated rings. The lowest BCUT2D eigenvalue weighted by atomic mass is 9.99. The Bertz CT molecular complexity index is 660. The molecule has 0 radical (unpaired) electrons. The lowest BCUT2D eigenvalue weighted by Gasteiger charge is -2.39. The fourth-order valence-corrected chi connectivity index (χ4v) is 2.95. The highest BCUT2D eigenvalue weighted by Gasteiger charge is 2.44. The maximum atomic E-state index is 9.99. The van der Waals surface area contributed by atoms with Crippen LogP contribution in [0.15, 0.2) is 24.4 Å². The lowest BCUT2D eigenvalue weighted by Crippen LogP contribution is -2.60. The second kappa shape index (κ2) is 6.30. The Hall–Kier alpha value is -0.910. The van der Waals surface area contributed by atoms with E-state index >= 15 is 0 Å². The molecule has 0 unspecified atom stereocenters. The summed E-state index contributed by atoms with van der Waals surface area (Å²) in [4.78, 5) is 3.04. The van der Waals surface area contributed by atoms with Crippen LogP contribution in [0.25, 0.3) is 10.9 Å². The summed E-state index contributed by atoms with van der Waals surface area (Å²) in [6.45, 7) is -0.489. The van der Waals surface area contributed by atoms with Gasteiger partial charge in [-0.2, -0.15) is 0 Å². The van der Waals surface area contributed by atoms with Crippen molar-refractivity contribution in [1.29, 1.82) is 0 Å². The number of rotatable bonds is 3. The lowest BCUT2D eigenvalue weighted by molar-refractivity contribution is -0.277. The van der Waals surface area contributed by atoms with E-state index < -0.39 is 37.3 Å². The van der Waals surface area contributed by atoms with Crippen molar-refractivity contribution in [2.24, 2.45) is 0 Å². The fourth-order valence-electron chi connectivity index (χ4n) is 2.45. The Morgan fingerprint density at radius 2 is 1.95 bits per heavy atom. The number of aliphatic hydroxyl groups is 4. The van der Waals surface area contributed by atoms with Gasteiger partial charge in [0.2, 0.25) is 6.29 Å². The summed E-state index contributed by atoms with van der Waals surface area (Å²) in [5.41, 5.74) is 0.861. The minimum atomic E-state index is -1.46. The van der Waals surface area contributed by atoms with Crippen molar-refractivity contribution >= 4 is 33.5 Å². The number of nitrogens with one attached hydrogen (secondary N) is 1. The van der Waals surface area contributed by atoms with E-state index in [1.807, 2.05) is 18.2 Å². The molecule has 8 heteroatoms. The molecular formula is C14H16INO6. The molecule has 2 aromatic rings. The number of H-pyrrole nitrogens is 1. The van der Waals surface area contributed by atoms with Gasteiger partial charge in [0, 0.05) is 20.7 Å². The Labute approximate surface area is 139 Å². The number of aromatic nitrogens is 1. The van der Waals surface area contributed by atoms with Crippen LogP contribution in [-0.4, -0.2) is 62.7 Å². The number of aliphatic hydroxyl groups excluding tert-OH is 4. The van der Waals surface area contributed by atoms with Gasteiger partial charge in [-0.3, -0.25) is 0 Å². The predicted molar refractivity (Wildman–Crippen MR) is 85.4 cm³/mol. The third-order valence-corrected chi connectivity index (χ3v) is 4.37. The van der Waals surface area contributed by atoms with Crippen molar-refractivity contribution in [2.45, 2.75) is 30.7 Å². The SMILES string of the molecule is OC[C@H]1O[C@@H](Oc2c[nH]c3ccc([131I])cc23)[C@H](O)[C@@H](O)[C@H]1O. The first-order valence-electron chi connectivity index (χ1n) is 6.75. The van der Waals surface area contributed by atoms with E-state index in [1.54, 1.807) is 6.20 Å². The molecule has 1 aliphatic rings. The number of aromatic amines is 1. The van der Waals surface area contributed by atoms with Gasteiger partial charge in [0.05, 0.1) is 6.61 Å². The number of halogens is 1. The maximum Gasteiger partial charge on any atom is 0.229 e. The van der Waals surface area contributed by atoms with E-state index in [1.165, 1.54) is 0 Å². The largest absolute Gasteiger partial charge is 0.460 e. The van der Waals surface area contributed by atoms with Gasteiger partial charge in [0.15, 0.2) is 0 Å². The molecule has 1 aromatic carbocycles. The third kappa shape index (κ3) is 2.82. The van der Waals surface area contributed by atoms with Crippen LogP contribution in [0.2, 0.25) is 0 Å². The van der Waals surface area contributed by atoms with E-state index in [4.69, 9.17) is 9.47 Å². The highest BCUT2D eigenvalue weighted by molar-refractivity contribution is 14.1. The molecule has 0 amide bonds. The quantitative estimate of drug-likeness (QED) is 0.441. The molecule has 7 nitrogen and oxygen atoms in total. The van der Waals surface area contributed by atoms with E-state index in [0.29, 0.717) is 5.75 Å². The number of fused-ring (bicyclic) bond motifs is 1. The Balaban J connectivity index is 1.85. The molecule has 0 saturated carbocycles. The van der Waals surface area contributed by atoms with Crippen LogP contribution in [0.3, 0.4) is 0 Å². The topological polar surface area (TPSA) is 115 Å². The van der Waals surface area contributed by atoms with Gasteiger partial charge in [-0.05, 0) is 40.8 Å². The van der Waals surface area contributed by atoms with Crippen LogP contribution < -0.4 is 4.74 Å². The van der Waals surface area contributed by atoms with Crippen molar-refractivity contribution < 1.29 is 29.9 Å². The second-order valence-corrected chi connectivity index (χ2v) is 6.40. The number of ether oxygens (including phenoxy) is 2. The molecule has 120 valence electrons. The summed E-state index contributed by atoms with van der Waals surface area (Å²) in [5, 5.41) is 39.5. The van der Waals surface area contributed by atoms with Gasteiger partial charge < -0.3 is 34.9 Å². The molecule has 1 aliphatic heterocycles. The normalized spacial score (nSPS) is 32.3. The van der Waals surface area contributed by atoms with Gasteiger partial charge in [-0.25, -0.2) is 0 Å². The van der Waals surface area contributed by atoms with Crippen molar-refractivity contribution in [3.63, 3.8) is 0 Å². The molecule has 0 bridgehead atoms. The number of benzene rings is 1. The van der Waals surface area contributed by atoms with E-state index in [-0.39, 0.29) is 0 Å². The molecule has 5 atom stereocenters. The van der Waals surface area contributed by atoms with Gasteiger partial charge in [-0.15, -0.1) is 0 Å². The fraction of sp³-hybridized carbons (Fsp3) is 0.429. The number of hydrogen-bond donors (Lipinski definition) is 5. The van der Waals surface area contributed by atoms with Crippen LogP contribution in [0, 0.1) is 3.57 Å². The number of hydrogen-bond acceptors (Lipinski definition) is 6. The third-order valence-electron chi connectivity index (χ3n) is 3.70. The Kier molecular flexibility index (Phi) is 4.57. The van der Waals surface area contributed by atoms with Crippen LogP contribution in [-0.2, 0) is 4.74 Å². The average Bonchev–Trinajstić information content (AvgIpc) is 2.90. The van der Waals surface area contributed by atoms with E-state index in [9.17, 15) is 20.4 Å². The van der Waals surface area contributed by atoms with Crippen molar-refractivity contribution in [2.75, 3.05) is 6.61 Å². The van der Waals surface area contributed by atoms with Crippen LogP contribution >= 0.6 is 22.6 Å². The highest BCUT2D eigenvalue weighted by Crippen LogP contribution is 2.30. The van der Waals surface area contributed by atoms with Crippen molar-refractivity contribution in [3.05, 3.63) is 28.0 Å². The maximum absolute atomic E-state index is 9.99. The smallest absolute Gasteiger partial charge is 0.229 e. The molecule has 3 rings (SSSR count). The summed E-state index contributed by atoms with van der Waals surface area (Å²) >= 11 is 2.18. The standard InChI is InChI=1S/C14H16INO6/c15-6-1-2-8-7(3-6)9(4-16-8)21-14-13(20)12(19)11(18)10(5-17)22-14/h1-4,10-14,16-20H,5H2/t10-,11+,12+,13-,14-/m1/s1/i15+4. The molecule has 0 spiro atoms. The van der Waals surface area contributed by atoms with Crippen LogP contribution in [0.1, 0.15) is 0 Å². The molecular weight excluding hydrogens is 409 g/mol. The van der Waals surface area contributed by atoms with Gasteiger partial charge in [0.1, 0.15) is 30.2 Å². The van der Waals surface area contributed by atoms with Crippen LogP contribution in [0.4, 0.5) is 0 Å². The summed E-state index contributed by atoms with van der Waals surface area (Å²) in [5.74, 6) is 0.456. The Morgan fingerprint density at radius 3 is 2.68 bits per heavy atom. The summed E-state index contributed by atoms with van der Waals surface area (Å²) in [6, 6.07) is 5.75. The highest BCUT2D eigenvalue weighted by atomic mass is 131. The Morgan fingerprint density at radius 1 is 1.18 bits per heavy atom. The second-order valence-electron chi connectivity index (χ2n) is 5.16. The van der Waals surface area contributed by atoms with Crippen LogP contribution in [0.5, 0.6) is 5.75 Å².